The Kier molecular flexibility index (Phi) is 6.37. The van der Waals surface area contributed by atoms with Crippen molar-refractivity contribution in [2.75, 3.05) is 21.2 Å². The van der Waals surface area contributed by atoms with Crippen LogP contribution in [-0.4, -0.2) is 55.2 Å². The lowest BCUT2D eigenvalue weighted by molar-refractivity contribution is -0.157. The van der Waals surface area contributed by atoms with E-state index in [1.54, 1.807) is 24.3 Å². The summed E-state index contributed by atoms with van der Waals surface area (Å²) in [5.74, 6) is -1.86. The highest BCUT2D eigenvalue weighted by atomic mass is 16.6. The van der Waals surface area contributed by atoms with Crippen LogP contribution in [0.25, 0.3) is 0 Å². The molecule has 7 nitrogen and oxygen atoms in total. The van der Waals surface area contributed by atoms with Crippen molar-refractivity contribution >= 4 is 17.8 Å². The zero-order valence-electron chi connectivity index (χ0n) is 12.7. The molecule has 1 amide bonds. The van der Waals surface area contributed by atoms with E-state index in [2.05, 4.69) is 4.74 Å². The Hall–Kier alpha value is -2.57. The summed E-state index contributed by atoms with van der Waals surface area (Å²) in [5, 5.41) is 8.63. The molecule has 120 valence electrons. The van der Waals surface area contributed by atoms with Crippen LogP contribution in [0.3, 0.4) is 0 Å². The first-order valence-electron chi connectivity index (χ1n) is 6.61. The average molecular weight is 309 g/mol. The largest absolute Gasteiger partial charge is 0.481 e. The van der Waals surface area contributed by atoms with E-state index in [-0.39, 0.29) is 6.42 Å². The van der Waals surface area contributed by atoms with Gasteiger partial charge in [-0.3, -0.25) is 9.59 Å². The number of carboxylic acids is 1. The van der Waals surface area contributed by atoms with Gasteiger partial charge < -0.3 is 19.5 Å². The predicted molar refractivity (Wildman–Crippen MR) is 77.5 cm³/mol. The van der Waals surface area contributed by atoms with Crippen molar-refractivity contribution in [2.45, 2.75) is 18.9 Å². The van der Waals surface area contributed by atoms with E-state index in [1.165, 1.54) is 26.1 Å². The Labute approximate surface area is 128 Å². The monoisotopic (exact) mass is 309 g/mol. The quantitative estimate of drug-likeness (QED) is 0.589. The van der Waals surface area contributed by atoms with E-state index < -0.39 is 23.9 Å². The summed E-state index contributed by atoms with van der Waals surface area (Å²) in [5.41, 5.74) is 0.823. The number of esters is 1. The van der Waals surface area contributed by atoms with Crippen LogP contribution >= 0.6 is 0 Å². The van der Waals surface area contributed by atoms with Gasteiger partial charge in [-0.1, -0.05) is 12.1 Å². The van der Waals surface area contributed by atoms with Crippen LogP contribution in [0.5, 0.6) is 5.75 Å². The SMILES string of the molecule is COC(=O)C(Oc1ccc(CCC(=O)O)cc1)C(=O)N(C)C. The summed E-state index contributed by atoms with van der Waals surface area (Å²) >= 11 is 0. The van der Waals surface area contributed by atoms with Crippen molar-refractivity contribution in [3.8, 4) is 5.75 Å². The van der Waals surface area contributed by atoms with E-state index in [0.29, 0.717) is 12.2 Å². The van der Waals surface area contributed by atoms with Gasteiger partial charge in [-0.25, -0.2) is 4.79 Å². The number of carbonyl (C=O) groups excluding carboxylic acids is 2. The summed E-state index contributed by atoms with van der Waals surface area (Å²) < 4.78 is 9.96. The minimum Gasteiger partial charge on any atom is -0.481 e. The third-order valence-electron chi connectivity index (χ3n) is 2.89. The Morgan fingerprint density at radius 2 is 1.77 bits per heavy atom. The van der Waals surface area contributed by atoms with Gasteiger partial charge in [-0.15, -0.1) is 0 Å². The molecule has 1 N–H and O–H groups in total. The van der Waals surface area contributed by atoms with Crippen LogP contribution in [0.4, 0.5) is 0 Å². The predicted octanol–water partition coefficient (Wildman–Crippen LogP) is 0.712. The van der Waals surface area contributed by atoms with Crippen molar-refractivity contribution in [1.82, 2.24) is 4.90 Å². The fraction of sp³-hybridized carbons (Fsp3) is 0.400. The molecular formula is C15H19NO6. The zero-order valence-corrected chi connectivity index (χ0v) is 12.7. The van der Waals surface area contributed by atoms with E-state index >= 15 is 0 Å². The highest BCUT2D eigenvalue weighted by Gasteiger charge is 2.31. The number of aryl methyl sites for hydroxylation is 1. The second-order valence-electron chi connectivity index (χ2n) is 4.79. The molecule has 0 fully saturated rings. The number of hydrogen-bond donors (Lipinski definition) is 1. The summed E-state index contributed by atoms with van der Waals surface area (Å²) in [6.07, 6.45) is -0.943. The first kappa shape index (κ1) is 17.5. The Morgan fingerprint density at radius 1 is 1.18 bits per heavy atom. The topological polar surface area (TPSA) is 93.1 Å². The van der Waals surface area contributed by atoms with Gasteiger partial charge in [0.25, 0.3) is 12.0 Å². The van der Waals surface area contributed by atoms with Crippen molar-refractivity contribution in [1.29, 1.82) is 0 Å². The van der Waals surface area contributed by atoms with Gasteiger partial charge in [0.2, 0.25) is 0 Å². The summed E-state index contributed by atoms with van der Waals surface area (Å²) in [7, 11) is 4.20. The molecule has 0 spiro atoms. The molecule has 0 aliphatic heterocycles. The van der Waals surface area contributed by atoms with Gasteiger partial charge >= 0.3 is 11.9 Å². The molecule has 1 rings (SSSR count). The fourth-order valence-corrected chi connectivity index (χ4v) is 1.66. The molecule has 1 atom stereocenters. The maximum absolute atomic E-state index is 11.9. The van der Waals surface area contributed by atoms with Gasteiger partial charge in [0.1, 0.15) is 5.75 Å². The number of methoxy groups -OCH3 is 1. The Bertz CT molecular complexity index is 537. The molecule has 1 aromatic rings. The molecule has 0 saturated heterocycles. The van der Waals surface area contributed by atoms with Gasteiger partial charge in [0, 0.05) is 20.5 Å². The average Bonchev–Trinajstić information content (AvgIpc) is 2.50. The van der Waals surface area contributed by atoms with Gasteiger partial charge in [0.15, 0.2) is 0 Å². The molecule has 0 heterocycles. The number of likely N-dealkylation sites (N-methyl/N-ethyl adjacent to an activating group) is 1. The van der Waals surface area contributed by atoms with E-state index in [4.69, 9.17) is 9.84 Å². The molecule has 0 saturated carbocycles. The number of nitrogens with zero attached hydrogens (tertiary/aromatic N) is 1. The van der Waals surface area contributed by atoms with Gasteiger partial charge in [-0.2, -0.15) is 0 Å². The molecule has 7 heteroatoms. The highest BCUT2D eigenvalue weighted by molar-refractivity contribution is 6.00. The maximum atomic E-state index is 11.9. The van der Waals surface area contributed by atoms with E-state index in [0.717, 1.165) is 5.56 Å². The minimum absolute atomic E-state index is 0.0318. The third kappa shape index (κ3) is 5.08. The van der Waals surface area contributed by atoms with Crippen molar-refractivity contribution < 1.29 is 29.0 Å². The van der Waals surface area contributed by atoms with Crippen LogP contribution in [-0.2, 0) is 25.5 Å². The highest BCUT2D eigenvalue weighted by Crippen LogP contribution is 2.16. The Balaban J connectivity index is 2.79. The van der Waals surface area contributed by atoms with Crippen LogP contribution in [0.2, 0.25) is 0 Å². The molecule has 0 radical (unpaired) electrons. The molecule has 0 aliphatic rings. The lowest BCUT2D eigenvalue weighted by Crippen LogP contribution is -2.43. The zero-order chi connectivity index (χ0) is 16.7. The molecule has 0 bridgehead atoms. The molecule has 1 aromatic carbocycles. The first-order chi connectivity index (χ1) is 10.3. The van der Waals surface area contributed by atoms with Crippen LogP contribution in [0.15, 0.2) is 24.3 Å². The number of aliphatic carboxylic acids is 1. The lowest BCUT2D eigenvalue weighted by Gasteiger charge is -2.19. The minimum atomic E-state index is -1.37. The first-order valence-corrected chi connectivity index (χ1v) is 6.61. The van der Waals surface area contributed by atoms with Gasteiger partial charge in [0.05, 0.1) is 7.11 Å². The second kappa shape index (κ2) is 8.02. The Morgan fingerprint density at radius 3 is 2.23 bits per heavy atom. The molecule has 0 aliphatic carbocycles. The number of carbonyl (C=O) groups is 3. The molecule has 1 unspecified atom stereocenters. The number of ether oxygens (including phenoxy) is 2. The number of carboxylic acid groups (broad SMARTS) is 1. The maximum Gasteiger partial charge on any atom is 0.357 e. The smallest absolute Gasteiger partial charge is 0.357 e. The van der Waals surface area contributed by atoms with E-state index in [1.807, 2.05) is 0 Å². The normalized spacial score (nSPS) is 11.4. The fourth-order valence-electron chi connectivity index (χ4n) is 1.66. The number of benzene rings is 1. The summed E-state index contributed by atoms with van der Waals surface area (Å²) in [6.45, 7) is 0. The van der Waals surface area contributed by atoms with Crippen LogP contribution in [0.1, 0.15) is 12.0 Å². The number of hydrogen-bond acceptors (Lipinski definition) is 5. The second-order valence-corrected chi connectivity index (χ2v) is 4.79. The molecule has 22 heavy (non-hydrogen) atoms. The molecular weight excluding hydrogens is 290 g/mol. The number of amides is 1. The van der Waals surface area contributed by atoms with Crippen molar-refractivity contribution in [3.63, 3.8) is 0 Å². The van der Waals surface area contributed by atoms with Crippen molar-refractivity contribution in [3.05, 3.63) is 29.8 Å². The van der Waals surface area contributed by atoms with Crippen LogP contribution < -0.4 is 4.74 Å². The van der Waals surface area contributed by atoms with Gasteiger partial charge in [-0.05, 0) is 24.1 Å². The third-order valence-corrected chi connectivity index (χ3v) is 2.89. The lowest BCUT2D eigenvalue weighted by atomic mass is 10.1. The van der Waals surface area contributed by atoms with E-state index in [9.17, 15) is 14.4 Å². The standard InChI is InChI=1S/C15H19NO6/c1-16(2)14(19)13(15(20)21-3)22-11-7-4-10(5-8-11)6-9-12(17)18/h4-5,7-8,13H,6,9H2,1-3H3,(H,17,18). The number of rotatable bonds is 7. The summed E-state index contributed by atoms with van der Waals surface area (Å²) in [4.78, 5) is 35.3. The molecule has 0 aromatic heterocycles. The van der Waals surface area contributed by atoms with Crippen LogP contribution in [0, 0.1) is 0 Å². The van der Waals surface area contributed by atoms with Crippen molar-refractivity contribution in [2.24, 2.45) is 0 Å². The summed E-state index contributed by atoms with van der Waals surface area (Å²) in [6, 6.07) is 6.53.